The third-order valence-electron chi connectivity index (χ3n) is 12.0. The van der Waals surface area contributed by atoms with Gasteiger partial charge in [-0.2, -0.15) is 0 Å². The lowest BCUT2D eigenvalue weighted by atomic mass is 9.94. The van der Waals surface area contributed by atoms with Crippen LogP contribution in [-0.2, 0) is 23.9 Å². The molecule has 0 aromatic carbocycles. The summed E-state index contributed by atoms with van der Waals surface area (Å²) in [6.07, 6.45) is 47.1. The lowest BCUT2D eigenvalue weighted by molar-refractivity contribution is -0.870. The van der Waals surface area contributed by atoms with E-state index >= 15 is 0 Å². The molecule has 0 bridgehead atoms. The second-order valence-electron chi connectivity index (χ2n) is 19.4. The molecule has 0 aliphatic rings. The van der Waals surface area contributed by atoms with Crippen molar-refractivity contribution in [2.45, 2.75) is 272 Å². The number of hydrogen-bond acceptors (Lipinski definition) is 5. The number of hydrogen-bond donors (Lipinski definition) is 1. The van der Waals surface area contributed by atoms with Gasteiger partial charge in [0.05, 0.1) is 53.4 Å². The number of esters is 2. The normalized spacial score (nSPS) is 11.3. The highest BCUT2D eigenvalue weighted by Gasteiger charge is 2.24. The van der Waals surface area contributed by atoms with Crippen LogP contribution in [0, 0.1) is 5.92 Å². The van der Waals surface area contributed by atoms with Crippen LogP contribution >= 0.6 is 0 Å². The van der Waals surface area contributed by atoms with Crippen LogP contribution in [0.3, 0.4) is 0 Å². The Morgan fingerprint density at radius 1 is 0.500 bits per heavy atom. The Morgan fingerprint density at radius 2 is 0.812 bits per heavy atom. The largest absolute Gasteiger partial charge is 1.00 e. The summed E-state index contributed by atoms with van der Waals surface area (Å²) in [5, 5.41) is 0. The molecule has 0 saturated carbocycles. The number of carbonyl (C=O) groups excluding carboxylic acids is 3. The summed E-state index contributed by atoms with van der Waals surface area (Å²) in [7, 11) is 6.80. The van der Waals surface area contributed by atoms with Gasteiger partial charge in [0.15, 0.2) is 0 Å². The number of ether oxygens (including phenoxy) is 2. The number of ketones is 1. The molecule has 0 aliphatic carbocycles. The lowest BCUT2D eigenvalue weighted by Gasteiger charge is -2.23. The number of quaternary nitrogens is 2. The predicted octanol–water partition coefficient (Wildman–Crippen LogP) is 9.28. The van der Waals surface area contributed by atoms with E-state index in [1.54, 1.807) is 6.08 Å². The molecule has 0 saturated heterocycles. The van der Waals surface area contributed by atoms with E-state index in [0.717, 1.165) is 49.6 Å². The first-order chi connectivity index (χ1) is 29.6. The predicted molar refractivity (Wildman–Crippen MR) is 269 cm³/mol. The Balaban J connectivity index is -0.00000158. The minimum Gasteiger partial charge on any atom is -1.00 e. The van der Waals surface area contributed by atoms with Crippen LogP contribution in [0.15, 0.2) is 12.7 Å². The topological polar surface area (TPSA) is 97.3 Å². The van der Waals surface area contributed by atoms with E-state index in [1.807, 2.05) is 0 Å². The smallest absolute Gasteiger partial charge is 0.309 e. The zero-order valence-corrected chi connectivity index (χ0v) is 45.9. The number of nitrogens with zero attached hydrogens (tertiary/aromatic N) is 1. The van der Waals surface area contributed by atoms with Crippen molar-refractivity contribution in [1.29, 1.82) is 0 Å². The van der Waals surface area contributed by atoms with Gasteiger partial charge in [0, 0.05) is 19.3 Å². The van der Waals surface area contributed by atoms with E-state index in [-0.39, 0.29) is 72.0 Å². The zero-order chi connectivity index (χ0) is 45.3. The van der Waals surface area contributed by atoms with Crippen LogP contribution in [0.1, 0.15) is 272 Å². The van der Waals surface area contributed by atoms with E-state index in [1.165, 1.54) is 193 Å². The van der Waals surface area contributed by atoms with Crippen molar-refractivity contribution in [2.24, 2.45) is 5.92 Å². The van der Waals surface area contributed by atoms with Crippen molar-refractivity contribution in [3.63, 3.8) is 0 Å². The van der Waals surface area contributed by atoms with E-state index in [2.05, 4.69) is 47.3 Å². The quantitative estimate of drug-likeness (QED) is 0.0284. The second kappa shape index (κ2) is 58.4. The van der Waals surface area contributed by atoms with Gasteiger partial charge in [0.2, 0.25) is 0 Å². The van der Waals surface area contributed by atoms with Crippen LogP contribution in [0.25, 0.3) is 0 Å². The van der Waals surface area contributed by atoms with Gasteiger partial charge in [0.25, 0.3) is 0 Å². The molecular weight excluding hydrogens is 928 g/mol. The molecule has 0 spiro atoms. The molecule has 0 aliphatic heterocycles. The van der Waals surface area contributed by atoms with Gasteiger partial charge in [-0.1, -0.05) is 220 Å². The minimum absolute atomic E-state index is 0. The van der Waals surface area contributed by atoms with Crippen molar-refractivity contribution < 1.29 is 68.0 Å². The molecule has 9 heteroatoms. The van der Waals surface area contributed by atoms with Crippen LogP contribution in [-0.4, -0.2) is 69.7 Å². The van der Waals surface area contributed by atoms with Crippen LogP contribution in [0.2, 0.25) is 0 Å². The second-order valence-corrected chi connectivity index (χ2v) is 19.4. The monoisotopic (exact) mass is 1040 g/mol. The zero-order valence-electron chi connectivity index (χ0n) is 42.7. The van der Waals surface area contributed by atoms with Crippen LogP contribution in [0.4, 0.5) is 0 Å². The summed E-state index contributed by atoms with van der Waals surface area (Å²) in [5.41, 5.74) is 3.49. The Hall–Kier alpha value is -0.770. The van der Waals surface area contributed by atoms with E-state index in [9.17, 15) is 14.4 Å². The van der Waals surface area contributed by atoms with Gasteiger partial charge in [0.1, 0.15) is 5.78 Å². The van der Waals surface area contributed by atoms with Gasteiger partial charge in [-0.15, -0.1) is 0 Å². The van der Waals surface area contributed by atoms with Gasteiger partial charge in [-0.3, -0.25) is 14.4 Å². The SMILES string of the molecule is C.C=CC[NH3+].CCCCCCCCCCCCCCCCOC(=O)CCC(CC(=O)CCCCCCCCCCCC[N+](C)(C)C)C(=O)OCCCCCCCCCCCCC.[Br-].[Br-]. The average Bonchev–Trinajstić information content (AvgIpc) is 3.24. The van der Waals surface area contributed by atoms with Gasteiger partial charge < -0.3 is 53.7 Å². The summed E-state index contributed by atoms with van der Waals surface area (Å²) >= 11 is 0. The summed E-state index contributed by atoms with van der Waals surface area (Å²) in [4.78, 5) is 38.8. The third-order valence-corrected chi connectivity index (χ3v) is 12.0. The molecule has 0 aromatic rings. The van der Waals surface area contributed by atoms with E-state index in [4.69, 9.17) is 9.47 Å². The van der Waals surface area contributed by atoms with Gasteiger partial charge >= 0.3 is 11.9 Å². The average molecular weight is 1040 g/mol. The molecule has 0 radical (unpaired) electrons. The highest BCUT2D eigenvalue weighted by molar-refractivity contribution is 5.84. The maximum absolute atomic E-state index is 13.2. The van der Waals surface area contributed by atoms with Crippen molar-refractivity contribution >= 4 is 17.7 Å². The fourth-order valence-corrected chi connectivity index (χ4v) is 7.91. The van der Waals surface area contributed by atoms with Gasteiger partial charge in [-0.25, -0.2) is 0 Å². The number of carbonyl (C=O) groups is 3. The fourth-order valence-electron chi connectivity index (χ4n) is 7.91. The maximum atomic E-state index is 13.2. The molecule has 0 fully saturated rings. The molecule has 0 aromatic heterocycles. The Bertz CT molecular complexity index is 961. The van der Waals surface area contributed by atoms with Crippen molar-refractivity contribution in [3.05, 3.63) is 12.7 Å². The number of unbranched alkanes of at least 4 members (excludes halogenated alkanes) is 32. The standard InChI is InChI=1S/C51H100NO5.C3H7N.CH4.2BrH/c1-6-8-10-12-14-16-18-19-20-24-27-31-35-39-45-56-50(54)43-42-48(51(55)57-46-40-36-32-28-23-17-15-13-11-9-7-2)47-49(53)41-37-33-29-25-21-22-26-30-34-38-44-52(3,4)5;1-2-3-4;;;/h48H,6-47H2,1-5H3;2H,1,3-4H2;1H4;2*1H/q+1;;;;/p-1. The first kappa shape index (κ1) is 72.2. The molecule has 64 heavy (non-hydrogen) atoms. The lowest BCUT2D eigenvalue weighted by Crippen LogP contribution is -3.00. The van der Waals surface area contributed by atoms with Gasteiger partial charge in [-0.05, 0) is 44.6 Å². The number of halogens is 2. The molecule has 1 unspecified atom stereocenters. The molecular formula is C55H112Br2N2O5. The third kappa shape index (κ3) is 61.2. The first-order valence-electron chi connectivity index (χ1n) is 26.7. The number of Topliss-reactive ketones (excluding diaryl/α,β-unsaturated/α-hetero) is 1. The summed E-state index contributed by atoms with van der Waals surface area (Å²) in [6.45, 7) is 10.9. The van der Waals surface area contributed by atoms with Crippen LogP contribution in [0.5, 0.6) is 0 Å². The molecule has 0 amide bonds. The molecule has 1 atom stereocenters. The molecule has 0 rings (SSSR count). The van der Waals surface area contributed by atoms with Crippen molar-refractivity contribution in [3.8, 4) is 0 Å². The maximum Gasteiger partial charge on any atom is 0.309 e. The molecule has 7 nitrogen and oxygen atoms in total. The molecule has 386 valence electrons. The minimum atomic E-state index is -0.554. The van der Waals surface area contributed by atoms with Crippen LogP contribution < -0.4 is 39.7 Å². The van der Waals surface area contributed by atoms with E-state index < -0.39 is 5.92 Å². The number of rotatable bonds is 47. The highest BCUT2D eigenvalue weighted by Crippen LogP contribution is 2.20. The highest BCUT2D eigenvalue weighted by atomic mass is 79.9. The van der Waals surface area contributed by atoms with E-state index in [0.29, 0.717) is 26.1 Å². The molecule has 0 heterocycles. The van der Waals surface area contributed by atoms with Crippen molar-refractivity contribution in [2.75, 3.05) is 47.4 Å². The fraction of sp³-hybridized carbons (Fsp3) is 0.909. The molecule has 3 N–H and O–H groups in total. The summed E-state index contributed by atoms with van der Waals surface area (Å²) in [5.74, 6) is -1.00. The first-order valence-corrected chi connectivity index (χ1v) is 26.7. The summed E-state index contributed by atoms with van der Waals surface area (Å²) < 4.78 is 12.3. The Morgan fingerprint density at radius 3 is 1.16 bits per heavy atom. The summed E-state index contributed by atoms with van der Waals surface area (Å²) in [6, 6.07) is 0. The Kier molecular flexibility index (Phi) is 65.8. The van der Waals surface area contributed by atoms with Crippen molar-refractivity contribution in [1.82, 2.24) is 0 Å². The Labute approximate surface area is 421 Å².